The molecule has 0 aliphatic rings. The van der Waals surface area contributed by atoms with Crippen LogP contribution in [0.15, 0.2) is 48.5 Å². The van der Waals surface area contributed by atoms with Crippen LogP contribution in [0.1, 0.15) is 5.56 Å². The number of hydrogen-bond acceptors (Lipinski definition) is 3. The average molecular weight is 323 g/mol. The van der Waals surface area contributed by atoms with Crippen LogP contribution < -0.4 is 9.47 Å². The summed E-state index contributed by atoms with van der Waals surface area (Å²) in [5.74, 6) is 0.597. The molecular formula is C16H12Cl2O3. The summed E-state index contributed by atoms with van der Waals surface area (Å²) in [4.78, 5) is 11.7. The Morgan fingerprint density at radius 2 is 1.57 bits per heavy atom. The Balaban J connectivity index is 2.05. The molecule has 0 aliphatic heterocycles. The maximum absolute atomic E-state index is 11.7. The van der Waals surface area contributed by atoms with Crippen molar-refractivity contribution in [2.45, 2.75) is 0 Å². The maximum atomic E-state index is 11.7. The molecule has 3 nitrogen and oxygen atoms in total. The molecule has 0 saturated heterocycles. The number of hydrogen-bond donors (Lipinski definition) is 0. The van der Waals surface area contributed by atoms with E-state index in [1.54, 1.807) is 49.6 Å². The number of ether oxygens (including phenoxy) is 2. The van der Waals surface area contributed by atoms with Crippen molar-refractivity contribution in [3.63, 3.8) is 0 Å². The highest BCUT2D eigenvalue weighted by atomic mass is 35.5. The standard InChI is InChI=1S/C16H12Cl2O3/c1-20-11-5-7-12(8-6-11)21-16(19)10-9-13-14(17)3-2-4-15(13)18/h2-10H,1H3. The van der Waals surface area contributed by atoms with Crippen LogP contribution in [0.25, 0.3) is 6.08 Å². The summed E-state index contributed by atoms with van der Waals surface area (Å²) in [5.41, 5.74) is 0.576. The van der Waals surface area contributed by atoms with Crippen molar-refractivity contribution in [3.05, 3.63) is 64.1 Å². The van der Waals surface area contributed by atoms with Crippen LogP contribution in [0, 0.1) is 0 Å². The highest BCUT2D eigenvalue weighted by Crippen LogP contribution is 2.25. The predicted molar refractivity (Wildman–Crippen MR) is 84.1 cm³/mol. The minimum Gasteiger partial charge on any atom is -0.497 e. The molecule has 5 heteroatoms. The van der Waals surface area contributed by atoms with Crippen molar-refractivity contribution < 1.29 is 14.3 Å². The van der Waals surface area contributed by atoms with Gasteiger partial charge in [-0.3, -0.25) is 0 Å². The normalized spacial score (nSPS) is 10.6. The van der Waals surface area contributed by atoms with Crippen LogP contribution >= 0.6 is 23.2 Å². The van der Waals surface area contributed by atoms with E-state index in [0.29, 0.717) is 27.1 Å². The molecule has 0 bridgehead atoms. The van der Waals surface area contributed by atoms with E-state index in [9.17, 15) is 4.79 Å². The molecule has 108 valence electrons. The van der Waals surface area contributed by atoms with E-state index in [4.69, 9.17) is 32.7 Å². The van der Waals surface area contributed by atoms with Crippen molar-refractivity contribution in [3.8, 4) is 11.5 Å². The fourth-order valence-electron chi connectivity index (χ4n) is 1.62. The number of carbonyl (C=O) groups excluding carboxylic acids is 1. The van der Waals surface area contributed by atoms with Crippen LogP contribution in [-0.2, 0) is 4.79 Å². The van der Waals surface area contributed by atoms with E-state index < -0.39 is 5.97 Å². The van der Waals surface area contributed by atoms with Crippen LogP contribution in [0.2, 0.25) is 10.0 Å². The van der Waals surface area contributed by atoms with Gasteiger partial charge < -0.3 is 9.47 Å². The smallest absolute Gasteiger partial charge is 0.336 e. The summed E-state index contributed by atoms with van der Waals surface area (Å²) in [6.45, 7) is 0. The van der Waals surface area contributed by atoms with E-state index >= 15 is 0 Å². The van der Waals surface area contributed by atoms with Crippen LogP contribution in [0.3, 0.4) is 0 Å². The van der Waals surface area contributed by atoms with Crippen molar-refractivity contribution >= 4 is 35.2 Å². The lowest BCUT2D eigenvalue weighted by molar-refractivity contribution is -0.128. The fourth-order valence-corrected chi connectivity index (χ4v) is 2.14. The van der Waals surface area contributed by atoms with Gasteiger partial charge in [-0.2, -0.15) is 0 Å². The fraction of sp³-hybridized carbons (Fsp3) is 0.0625. The summed E-state index contributed by atoms with van der Waals surface area (Å²) < 4.78 is 10.2. The van der Waals surface area contributed by atoms with Gasteiger partial charge >= 0.3 is 5.97 Å². The van der Waals surface area contributed by atoms with Gasteiger partial charge in [-0.05, 0) is 42.5 Å². The molecule has 2 rings (SSSR count). The van der Waals surface area contributed by atoms with Crippen molar-refractivity contribution in [1.82, 2.24) is 0 Å². The molecule has 0 spiro atoms. The van der Waals surface area contributed by atoms with E-state index in [-0.39, 0.29) is 0 Å². The molecule has 0 unspecified atom stereocenters. The lowest BCUT2D eigenvalue weighted by atomic mass is 10.2. The Kier molecular flexibility index (Phi) is 5.26. The minimum absolute atomic E-state index is 0.427. The molecule has 0 amide bonds. The summed E-state index contributed by atoms with van der Waals surface area (Å²) in [5, 5.41) is 0.937. The number of carbonyl (C=O) groups is 1. The largest absolute Gasteiger partial charge is 0.497 e. The molecule has 0 fully saturated rings. The zero-order valence-corrected chi connectivity index (χ0v) is 12.7. The van der Waals surface area contributed by atoms with E-state index in [0.717, 1.165) is 0 Å². The Morgan fingerprint density at radius 3 is 2.14 bits per heavy atom. The molecular weight excluding hydrogens is 311 g/mol. The Hall–Kier alpha value is -1.97. The third-order valence-electron chi connectivity index (χ3n) is 2.66. The van der Waals surface area contributed by atoms with Crippen LogP contribution in [0.5, 0.6) is 11.5 Å². The first-order valence-electron chi connectivity index (χ1n) is 6.08. The Bertz CT molecular complexity index is 643. The van der Waals surface area contributed by atoms with Gasteiger partial charge in [0.25, 0.3) is 0 Å². The highest BCUT2D eigenvalue weighted by Gasteiger charge is 2.04. The average Bonchev–Trinajstić information content (AvgIpc) is 2.47. The van der Waals surface area contributed by atoms with Gasteiger partial charge in [0.05, 0.1) is 7.11 Å². The molecule has 0 aromatic heterocycles. The molecule has 21 heavy (non-hydrogen) atoms. The zero-order chi connectivity index (χ0) is 15.2. The maximum Gasteiger partial charge on any atom is 0.336 e. The summed E-state index contributed by atoms with van der Waals surface area (Å²) >= 11 is 12.0. The predicted octanol–water partition coefficient (Wildman–Crippen LogP) is 4.62. The van der Waals surface area contributed by atoms with E-state index in [2.05, 4.69) is 0 Å². The number of benzene rings is 2. The quantitative estimate of drug-likeness (QED) is 0.468. The Labute approximate surface area is 132 Å². The van der Waals surface area contributed by atoms with Crippen molar-refractivity contribution in [1.29, 1.82) is 0 Å². The third-order valence-corrected chi connectivity index (χ3v) is 3.32. The van der Waals surface area contributed by atoms with Gasteiger partial charge in [0.2, 0.25) is 0 Å². The van der Waals surface area contributed by atoms with Gasteiger partial charge in [-0.25, -0.2) is 4.79 Å². The molecule has 0 atom stereocenters. The molecule has 2 aromatic carbocycles. The second kappa shape index (κ2) is 7.16. The van der Waals surface area contributed by atoms with Crippen LogP contribution in [0.4, 0.5) is 0 Å². The van der Waals surface area contributed by atoms with Crippen molar-refractivity contribution in [2.24, 2.45) is 0 Å². The minimum atomic E-state index is -0.517. The third kappa shape index (κ3) is 4.25. The molecule has 0 radical (unpaired) electrons. The van der Waals surface area contributed by atoms with Gasteiger partial charge in [-0.1, -0.05) is 29.3 Å². The number of rotatable bonds is 4. The van der Waals surface area contributed by atoms with Crippen LogP contribution in [-0.4, -0.2) is 13.1 Å². The molecule has 0 saturated carbocycles. The van der Waals surface area contributed by atoms with Gasteiger partial charge in [0.15, 0.2) is 0 Å². The summed E-state index contributed by atoms with van der Waals surface area (Å²) in [7, 11) is 1.57. The monoisotopic (exact) mass is 322 g/mol. The van der Waals surface area contributed by atoms with Crippen molar-refractivity contribution in [2.75, 3.05) is 7.11 Å². The van der Waals surface area contributed by atoms with Gasteiger partial charge in [0, 0.05) is 21.7 Å². The first kappa shape index (κ1) is 15.4. The topological polar surface area (TPSA) is 35.5 Å². The van der Waals surface area contributed by atoms with Gasteiger partial charge in [-0.15, -0.1) is 0 Å². The number of esters is 1. The molecule has 2 aromatic rings. The highest BCUT2D eigenvalue weighted by molar-refractivity contribution is 6.37. The first-order valence-corrected chi connectivity index (χ1v) is 6.83. The molecule has 0 aliphatic carbocycles. The van der Waals surface area contributed by atoms with E-state index in [1.165, 1.54) is 12.2 Å². The lowest BCUT2D eigenvalue weighted by Gasteiger charge is -2.03. The second-order valence-corrected chi connectivity index (χ2v) is 4.88. The first-order chi connectivity index (χ1) is 10.1. The Morgan fingerprint density at radius 1 is 1.00 bits per heavy atom. The summed E-state index contributed by atoms with van der Waals surface area (Å²) in [6, 6.07) is 11.8. The molecule has 0 heterocycles. The SMILES string of the molecule is COc1ccc(OC(=O)C=Cc2c(Cl)cccc2Cl)cc1. The summed E-state index contributed by atoms with van der Waals surface area (Å²) in [6.07, 6.45) is 2.80. The molecule has 0 N–H and O–H groups in total. The second-order valence-electron chi connectivity index (χ2n) is 4.07. The van der Waals surface area contributed by atoms with E-state index in [1.807, 2.05) is 0 Å². The van der Waals surface area contributed by atoms with Gasteiger partial charge in [0.1, 0.15) is 11.5 Å². The lowest BCUT2D eigenvalue weighted by Crippen LogP contribution is -2.03. The number of methoxy groups -OCH3 is 1. The number of halogens is 2. The zero-order valence-electron chi connectivity index (χ0n) is 11.2.